The predicted molar refractivity (Wildman–Crippen MR) is 96.5 cm³/mol. The molecule has 9 heteroatoms. The van der Waals surface area contributed by atoms with Crippen LogP contribution in [0.1, 0.15) is 12.8 Å². The number of thioether (sulfide) groups is 1. The van der Waals surface area contributed by atoms with Gasteiger partial charge < -0.3 is 10.6 Å². The molecule has 0 aliphatic carbocycles. The SMILES string of the molecule is O=C(CCSCCC(=O)Nc1ccc(F)c(F)c1)Nc1ccc(F)c(F)c1. The molecule has 27 heavy (non-hydrogen) atoms. The standard InChI is InChI=1S/C18H16F4N2O2S/c19-13-3-1-11(9-15(13)21)23-17(25)5-7-27-8-6-18(26)24-12-2-4-14(20)16(22)10-12/h1-4,9-10H,5-8H2,(H,23,25)(H,24,26). The van der Waals surface area contributed by atoms with Crippen molar-refractivity contribution in [1.82, 2.24) is 0 Å². The van der Waals surface area contributed by atoms with Crippen LogP contribution < -0.4 is 10.6 Å². The molecule has 0 aromatic heterocycles. The van der Waals surface area contributed by atoms with Crippen LogP contribution in [0.25, 0.3) is 0 Å². The van der Waals surface area contributed by atoms with Crippen molar-refractivity contribution in [2.24, 2.45) is 0 Å². The van der Waals surface area contributed by atoms with Crippen LogP contribution in [0.5, 0.6) is 0 Å². The van der Waals surface area contributed by atoms with E-state index in [4.69, 9.17) is 0 Å². The summed E-state index contributed by atoms with van der Waals surface area (Å²) in [4.78, 5) is 23.4. The molecule has 2 aromatic carbocycles. The van der Waals surface area contributed by atoms with Crippen LogP contribution in [0, 0.1) is 23.3 Å². The van der Waals surface area contributed by atoms with Gasteiger partial charge in [0.25, 0.3) is 0 Å². The van der Waals surface area contributed by atoms with Gasteiger partial charge in [0.05, 0.1) is 0 Å². The molecular weight excluding hydrogens is 384 g/mol. The third-order valence-electron chi connectivity index (χ3n) is 3.35. The fourth-order valence-electron chi connectivity index (χ4n) is 2.03. The van der Waals surface area contributed by atoms with Crippen LogP contribution in [-0.4, -0.2) is 23.3 Å². The van der Waals surface area contributed by atoms with Crippen molar-refractivity contribution in [3.8, 4) is 0 Å². The summed E-state index contributed by atoms with van der Waals surface area (Å²) < 4.78 is 51.7. The molecule has 144 valence electrons. The highest BCUT2D eigenvalue weighted by molar-refractivity contribution is 7.99. The van der Waals surface area contributed by atoms with Gasteiger partial charge in [-0.1, -0.05) is 0 Å². The quantitative estimate of drug-likeness (QED) is 0.512. The largest absolute Gasteiger partial charge is 0.326 e. The van der Waals surface area contributed by atoms with Gasteiger partial charge in [-0.2, -0.15) is 11.8 Å². The third-order valence-corrected chi connectivity index (χ3v) is 4.34. The lowest BCUT2D eigenvalue weighted by molar-refractivity contribution is -0.116. The molecule has 0 unspecified atom stereocenters. The molecule has 0 fully saturated rings. The fraction of sp³-hybridized carbons (Fsp3) is 0.222. The number of benzene rings is 2. The van der Waals surface area contributed by atoms with Crippen LogP contribution in [0.4, 0.5) is 28.9 Å². The molecule has 2 N–H and O–H groups in total. The van der Waals surface area contributed by atoms with Crippen molar-refractivity contribution >= 4 is 35.0 Å². The van der Waals surface area contributed by atoms with Gasteiger partial charge in [-0.15, -0.1) is 0 Å². The lowest BCUT2D eigenvalue weighted by Crippen LogP contribution is -2.14. The zero-order valence-corrected chi connectivity index (χ0v) is 14.8. The van der Waals surface area contributed by atoms with Crippen molar-refractivity contribution in [3.63, 3.8) is 0 Å². The average Bonchev–Trinajstić information content (AvgIpc) is 2.61. The Labute approximate surface area is 157 Å². The number of carbonyl (C=O) groups is 2. The van der Waals surface area contributed by atoms with Gasteiger partial charge in [-0.25, -0.2) is 17.6 Å². The van der Waals surface area contributed by atoms with Crippen LogP contribution in [0.15, 0.2) is 36.4 Å². The minimum atomic E-state index is -1.05. The van der Waals surface area contributed by atoms with Gasteiger partial charge in [0.1, 0.15) is 0 Å². The van der Waals surface area contributed by atoms with Gasteiger partial charge in [-0.3, -0.25) is 9.59 Å². The van der Waals surface area contributed by atoms with E-state index in [-0.39, 0.29) is 36.0 Å². The highest BCUT2D eigenvalue weighted by atomic mass is 32.2. The number of carbonyl (C=O) groups excluding carboxylic acids is 2. The van der Waals surface area contributed by atoms with E-state index in [9.17, 15) is 27.2 Å². The number of nitrogens with one attached hydrogen (secondary N) is 2. The molecule has 0 saturated heterocycles. The molecule has 2 amide bonds. The average molecular weight is 400 g/mol. The summed E-state index contributed by atoms with van der Waals surface area (Å²) in [7, 11) is 0. The Morgan fingerprint density at radius 2 is 1.11 bits per heavy atom. The summed E-state index contributed by atoms with van der Waals surface area (Å²) in [6, 6.07) is 6.14. The number of halogens is 4. The molecule has 2 rings (SSSR count). The first kappa shape index (κ1) is 20.8. The molecule has 4 nitrogen and oxygen atoms in total. The van der Waals surface area contributed by atoms with E-state index >= 15 is 0 Å². The molecule has 0 radical (unpaired) electrons. The molecule has 0 bridgehead atoms. The zero-order chi connectivity index (χ0) is 19.8. The van der Waals surface area contributed by atoms with Crippen LogP contribution in [0.3, 0.4) is 0 Å². The third kappa shape index (κ3) is 6.93. The molecule has 0 saturated carbocycles. The molecule has 0 atom stereocenters. The van der Waals surface area contributed by atoms with Gasteiger partial charge in [0.2, 0.25) is 11.8 Å². The van der Waals surface area contributed by atoms with Crippen LogP contribution in [0.2, 0.25) is 0 Å². The fourth-order valence-corrected chi connectivity index (χ4v) is 2.89. The van der Waals surface area contributed by atoms with E-state index < -0.39 is 23.3 Å². The molecule has 0 aliphatic heterocycles. The summed E-state index contributed by atoms with van der Waals surface area (Å²) in [5, 5.41) is 4.90. The number of anilines is 2. The monoisotopic (exact) mass is 400 g/mol. The van der Waals surface area contributed by atoms with E-state index in [0.717, 1.165) is 24.3 Å². The minimum absolute atomic E-state index is 0.133. The molecule has 2 aromatic rings. The molecule has 0 aliphatic rings. The summed E-state index contributed by atoms with van der Waals surface area (Å²) in [5.74, 6) is -3.96. The topological polar surface area (TPSA) is 58.2 Å². The van der Waals surface area contributed by atoms with E-state index in [1.165, 1.54) is 23.9 Å². The second-order valence-electron chi connectivity index (χ2n) is 5.47. The Hall–Kier alpha value is -2.55. The maximum absolute atomic E-state index is 13.0. The van der Waals surface area contributed by atoms with E-state index in [1.807, 2.05) is 0 Å². The van der Waals surface area contributed by atoms with Crippen molar-refractivity contribution in [2.45, 2.75) is 12.8 Å². The maximum atomic E-state index is 13.0. The van der Waals surface area contributed by atoms with E-state index in [1.54, 1.807) is 0 Å². The van der Waals surface area contributed by atoms with Crippen molar-refractivity contribution in [1.29, 1.82) is 0 Å². The Morgan fingerprint density at radius 1 is 0.704 bits per heavy atom. The maximum Gasteiger partial charge on any atom is 0.225 e. The van der Waals surface area contributed by atoms with Crippen molar-refractivity contribution in [2.75, 3.05) is 22.1 Å². The zero-order valence-electron chi connectivity index (χ0n) is 14.0. The number of amides is 2. The van der Waals surface area contributed by atoms with Crippen LogP contribution >= 0.6 is 11.8 Å². The lowest BCUT2D eigenvalue weighted by atomic mass is 10.3. The van der Waals surface area contributed by atoms with Gasteiger partial charge >= 0.3 is 0 Å². The van der Waals surface area contributed by atoms with Gasteiger partial charge in [0.15, 0.2) is 23.3 Å². The Kier molecular flexibility index (Phi) is 7.66. The minimum Gasteiger partial charge on any atom is -0.326 e. The van der Waals surface area contributed by atoms with E-state index in [2.05, 4.69) is 10.6 Å². The Morgan fingerprint density at radius 3 is 1.48 bits per heavy atom. The normalized spacial score (nSPS) is 10.5. The number of hydrogen-bond donors (Lipinski definition) is 2. The first-order chi connectivity index (χ1) is 12.8. The summed E-state index contributed by atoms with van der Waals surface area (Å²) in [6.45, 7) is 0. The van der Waals surface area contributed by atoms with Gasteiger partial charge in [0, 0.05) is 47.9 Å². The highest BCUT2D eigenvalue weighted by Gasteiger charge is 2.08. The summed E-state index contributed by atoms with van der Waals surface area (Å²) in [5.41, 5.74) is 0.324. The van der Waals surface area contributed by atoms with Gasteiger partial charge in [-0.05, 0) is 24.3 Å². The first-order valence-corrected chi connectivity index (χ1v) is 9.08. The highest BCUT2D eigenvalue weighted by Crippen LogP contribution is 2.15. The molecule has 0 heterocycles. The first-order valence-electron chi connectivity index (χ1n) is 7.92. The molecule has 0 spiro atoms. The van der Waals surface area contributed by atoms with Crippen molar-refractivity contribution < 1.29 is 27.2 Å². The van der Waals surface area contributed by atoms with E-state index in [0.29, 0.717) is 11.5 Å². The predicted octanol–water partition coefficient (Wildman–Crippen LogP) is 4.33. The number of hydrogen-bond acceptors (Lipinski definition) is 3. The second kappa shape index (κ2) is 9.96. The van der Waals surface area contributed by atoms with Crippen molar-refractivity contribution in [3.05, 3.63) is 59.7 Å². The van der Waals surface area contributed by atoms with Crippen LogP contribution in [-0.2, 0) is 9.59 Å². The Bertz CT molecular complexity index is 766. The number of rotatable bonds is 8. The summed E-state index contributed by atoms with van der Waals surface area (Å²) >= 11 is 1.35. The second-order valence-corrected chi connectivity index (χ2v) is 6.69. The smallest absolute Gasteiger partial charge is 0.225 e. The lowest BCUT2D eigenvalue weighted by Gasteiger charge is -2.07. The Balaban J connectivity index is 1.63. The summed E-state index contributed by atoms with van der Waals surface area (Å²) in [6.07, 6.45) is 0.267. The molecular formula is C18H16F4N2O2S.